The van der Waals surface area contributed by atoms with Crippen LogP contribution in [0, 0.1) is 24.0 Å². The number of nitrogens with one attached hydrogen (secondary N) is 1. The van der Waals surface area contributed by atoms with Crippen LogP contribution in [0.1, 0.15) is 16.3 Å². The molecular weight excluding hydrogens is 302 g/mol. The van der Waals surface area contributed by atoms with Crippen LogP contribution in [0.4, 0.5) is 11.5 Å². The molecule has 0 amide bonds. The SMILES string of the molecule is Cc1ccc2sc(CNc3c([N+](=O)[O-])c(C)nn3C)nc2c1. The molecule has 0 aliphatic carbocycles. The third kappa shape index (κ3) is 2.52. The summed E-state index contributed by atoms with van der Waals surface area (Å²) in [4.78, 5) is 15.3. The van der Waals surface area contributed by atoms with Gasteiger partial charge in [-0.2, -0.15) is 5.10 Å². The molecule has 2 heterocycles. The van der Waals surface area contributed by atoms with Gasteiger partial charge in [0.05, 0.1) is 21.7 Å². The summed E-state index contributed by atoms with van der Waals surface area (Å²) in [7, 11) is 1.68. The Labute approximate surface area is 130 Å². The molecule has 7 nitrogen and oxygen atoms in total. The van der Waals surface area contributed by atoms with Crippen LogP contribution in [0.5, 0.6) is 0 Å². The second kappa shape index (κ2) is 5.38. The zero-order valence-corrected chi connectivity index (χ0v) is 13.3. The number of nitro groups is 1. The molecule has 0 saturated carbocycles. The van der Waals surface area contributed by atoms with Gasteiger partial charge in [0.1, 0.15) is 10.7 Å². The molecule has 8 heteroatoms. The Morgan fingerprint density at radius 2 is 2.18 bits per heavy atom. The van der Waals surface area contributed by atoms with E-state index in [1.54, 1.807) is 25.3 Å². The zero-order chi connectivity index (χ0) is 15.9. The van der Waals surface area contributed by atoms with Crippen molar-refractivity contribution in [3.8, 4) is 0 Å². The second-order valence-electron chi connectivity index (χ2n) is 5.10. The van der Waals surface area contributed by atoms with Gasteiger partial charge in [0.2, 0.25) is 5.82 Å². The molecule has 0 bridgehead atoms. The Hall–Kier alpha value is -2.48. The zero-order valence-electron chi connectivity index (χ0n) is 12.5. The predicted molar refractivity (Wildman–Crippen MR) is 86.3 cm³/mol. The van der Waals surface area contributed by atoms with E-state index in [0.717, 1.165) is 20.8 Å². The number of aromatic nitrogens is 3. The molecule has 0 unspecified atom stereocenters. The van der Waals surface area contributed by atoms with Gasteiger partial charge in [-0.05, 0) is 31.5 Å². The highest BCUT2D eigenvalue weighted by Gasteiger charge is 2.23. The van der Waals surface area contributed by atoms with E-state index < -0.39 is 4.92 Å². The first-order valence-electron chi connectivity index (χ1n) is 6.73. The number of nitrogens with zero attached hydrogens (tertiary/aromatic N) is 4. The fourth-order valence-corrected chi connectivity index (χ4v) is 3.27. The van der Waals surface area contributed by atoms with E-state index in [9.17, 15) is 10.1 Å². The van der Waals surface area contributed by atoms with E-state index in [4.69, 9.17) is 0 Å². The lowest BCUT2D eigenvalue weighted by atomic mass is 10.2. The van der Waals surface area contributed by atoms with Crippen LogP contribution < -0.4 is 5.32 Å². The van der Waals surface area contributed by atoms with Gasteiger partial charge in [0.25, 0.3) is 0 Å². The van der Waals surface area contributed by atoms with Crippen LogP contribution in [0.3, 0.4) is 0 Å². The molecule has 3 rings (SSSR count). The van der Waals surface area contributed by atoms with Crippen molar-refractivity contribution in [2.45, 2.75) is 20.4 Å². The number of aryl methyl sites for hydroxylation is 3. The van der Waals surface area contributed by atoms with E-state index in [0.29, 0.717) is 18.1 Å². The molecular formula is C14H15N5O2S. The third-order valence-corrected chi connectivity index (χ3v) is 4.40. The summed E-state index contributed by atoms with van der Waals surface area (Å²) in [5.41, 5.74) is 2.53. The number of thiazole rings is 1. The highest BCUT2D eigenvalue weighted by atomic mass is 32.1. The lowest BCUT2D eigenvalue weighted by Crippen LogP contribution is -2.06. The smallest absolute Gasteiger partial charge is 0.333 e. The lowest BCUT2D eigenvalue weighted by molar-refractivity contribution is -0.384. The average molecular weight is 317 g/mol. The van der Waals surface area contributed by atoms with Gasteiger partial charge < -0.3 is 5.32 Å². The summed E-state index contributed by atoms with van der Waals surface area (Å²) in [5, 5.41) is 19.2. The second-order valence-corrected chi connectivity index (χ2v) is 6.21. The molecule has 0 spiro atoms. The molecule has 0 aliphatic rings. The molecule has 0 atom stereocenters. The Morgan fingerprint density at radius 3 is 2.91 bits per heavy atom. The monoisotopic (exact) mass is 317 g/mol. The fraction of sp³-hybridized carbons (Fsp3) is 0.286. The molecule has 0 saturated heterocycles. The van der Waals surface area contributed by atoms with Gasteiger partial charge in [-0.3, -0.25) is 10.1 Å². The molecule has 2 aromatic heterocycles. The first kappa shape index (κ1) is 14.5. The first-order chi connectivity index (χ1) is 10.5. The van der Waals surface area contributed by atoms with E-state index >= 15 is 0 Å². The predicted octanol–water partition coefficient (Wildman–Crippen LogP) is 3.17. The summed E-state index contributed by atoms with van der Waals surface area (Å²) >= 11 is 1.58. The largest absolute Gasteiger partial charge is 0.358 e. The number of fused-ring (bicyclic) bond motifs is 1. The number of hydrogen-bond acceptors (Lipinski definition) is 6. The van der Waals surface area contributed by atoms with Crippen molar-refractivity contribution in [2.75, 3.05) is 5.32 Å². The van der Waals surface area contributed by atoms with E-state index in [-0.39, 0.29) is 5.69 Å². The highest BCUT2D eigenvalue weighted by Crippen LogP contribution is 2.29. The average Bonchev–Trinajstić information content (AvgIpc) is 2.95. The Bertz CT molecular complexity index is 868. The van der Waals surface area contributed by atoms with Gasteiger partial charge in [-0.1, -0.05) is 6.07 Å². The van der Waals surface area contributed by atoms with Crippen molar-refractivity contribution in [1.29, 1.82) is 0 Å². The van der Waals surface area contributed by atoms with Gasteiger partial charge in [-0.25, -0.2) is 9.67 Å². The quantitative estimate of drug-likeness (QED) is 0.590. The fourth-order valence-electron chi connectivity index (χ4n) is 2.38. The molecule has 22 heavy (non-hydrogen) atoms. The van der Waals surface area contributed by atoms with E-state index in [1.807, 2.05) is 25.1 Å². The van der Waals surface area contributed by atoms with Crippen LogP contribution in [0.25, 0.3) is 10.2 Å². The van der Waals surface area contributed by atoms with Crippen molar-refractivity contribution in [2.24, 2.45) is 7.05 Å². The maximum atomic E-state index is 11.1. The number of hydrogen-bond donors (Lipinski definition) is 1. The van der Waals surface area contributed by atoms with Crippen LogP contribution in [0.15, 0.2) is 18.2 Å². The normalized spacial score (nSPS) is 11.0. The summed E-state index contributed by atoms with van der Waals surface area (Å²) in [5.74, 6) is 0.401. The molecule has 1 N–H and O–H groups in total. The van der Waals surface area contributed by atoms with Crippen molar-refractivity contribution in [3.05, 3.63) is 44.6 Å². The number of anilines is 1. The molecule has 0 aliphatic heterocycles. The van der Waals surface area contributed by atoms with Crippen LogP contribution in [-0.4, -0.2) is 19.7 Å². The van der Waals surface area contributed by atoms with Crippen molar-refractivity contribution in [1.82, 2.24) is 14.8 Å². The molecule has 0 fully saturated rings. The summed E-state index contributed by atoms with van der Waals surface area (Å²) < 4.78 is 2.60. The summed E-state index contributed by atoms with van der Waals surface area (Å²) in [6, 6.07) is 6.13. The lowest BCUT2D eigenvalue weighted by Gasteiger charge is -2.03. The van der Waals surface area contributed by atoms with Crippen LogP contribution in [0.2, 0.25) is 0 Å². The van der Waals surface area contributed by atoms with Gasteiger partial charge >= 0.3 is 5.69 Å². The number of rotatable bonds is 4. The minimum absolute atomic E-state index is 0.0134. The van der Waals surface area contributed by atoms with Crippen molar-refractivity contribution < 1.29 is 4.92 Å². The molecule has 1 aromatic carbocycles. The third-order valence-electron chi connectivity index (χ3n) is 3.37. The highest BCUT2D eigenvalue weighted by molar-refractivity contribution is 7.18. The van der Waals surface area contributed by atoms with Gasteiger partial charge in [0.15, 0.2) is 0 Å². The van der Waals surface area contributed by atoms with Crippen molar-refractivity contribution >= 4 is 33.1 Å². The Morgan fingerprint density at radius 1 is 1.41 bits per heavy atom. The van der Waals surface area contributed by atoms with E-state index in [2.05, 4.69) is 15.4 Å². The van der Waals surface area contributed by atoms with Crippen LogP contribution >= 0.6 is 11.3 Å². The topological polar surface area (TPSA) is 85.9 Å². The number of benzene rings is 1. The maximum absolute atomic E-state index is 11.1. The Kier molecular flexibility index (Phi) is 3.53. The molecule has 114 valence electrons. The summed E-state index contributed by atoms with van der Waals surface area (Å²) in [6.07, 6.45) is 0. The minimum Gasteiger partial charge on any atom is -0.358 e. The minimum atomic E-state index is -0.410. The Balaban J connectivity index is 1.86. The summed E-state index contributed by atoms with van der Waals surface area (Å²) in [6.45, 7) is 4.08. The van der Waals surface area contributed by atoms with Crippen molar-refractivity contribution in [3.63, 3.8) is 0 Å². The van der Waals surface area contributed by atoms with Crippen LogP contribution in [-0.2, 0) is 13.6 Å². The standard InChI is InChI=1S/C14H15N5O2S/c1-8-4-5-11-10(6-8)16-12(22-11)7-15-14-13(19(20)21)9(2)17-18(14)3/h4-6,15H,7H2,1-3H3. The maximum Gasteiger partial charge on any atom is 0.333 e. The molecule has 0 radical (unpaired) electrons. The molecule has 3 aromatic rings. The van der Waals surface area contributed by atoms with Gasteiger partial charge in [-0.15, -0.1) is 11.3 Å². The van der Waals surface area contributed by atoms with Gasteiger partial charge in [0, 0.05) is 7.05 Å². The first-order valence-corrected chi connectivity index (χ1v) is 7.55. The van der Waals surface area contributed by atoms with E-state index in [1.165, 1.54) is 4.68 Å².